The molecule has 0 aliphatic carbocycles. The average molecular weight is 268 g/mol. The Morgan fingerprint density at radius 1 is 0.950 bits per heavy atom. The van der Waals surface area contributed by atoms with E-state index in [1.54, 1.807) is 0 Å². The molecule has 20 heavy (non-hydrogen) atoms. The summed E-state index contributed by atoms with van der Waals surface area (Å²) in [6.07, 6.45) is 1.09. The molecule has 0 spiro atoms. The fraction of sp³-hybridized carbons (Fsp3) is 0.333. The van der Waals surface area contributed by atoms with Gasteiger partial charge < -0.3 is 10.6 Å². The Morgan fingerprint density at radius 3 is 2.15 bits per heavy atom. The molecule has 0 heterocycles. The zero-order chi connectivity index (χ0) is 14.2. The van der Waals surface area contributed by atoms with Crippen LogP contribution in [0.25, 0.3) is 0 Å². The van der Waals surface area contributed by atoms with Gasteiger partial charge in [0.25, 0.3) is 0 Å². The van der Waals surface area contributed by atoms with Gasteiger partial charge in [0.2, 0.25) is 0 Å². The van der Waals surface area contributed by atoms with Crippen molar-refractivity contribution in [3.05, 3.63) is 71.8 Å². The number of hydrogen-bond donors (Lipinski definition) is 1. The maximum atomic E-state index is 5.93. The quantitative estimate of drug-likeness (QED) is 0.836. The number of nitrogens with two attached hydrogens (primary N) is 1. The third-order valence-corrected chi connectivity index (χ3v) is 3.71. The van der Waals surface area contributed by atoms with Crippen molar-refractivity contribution >= 4 is 0 Å². The van der Waals surface area contributed by atoms with E-state index in [9.17, 15) is 0 Å². The molecule has 0 aromatic heterocycles. The van der Waals surface area contributed by atoms with E-state index >= 15 is 0 Å². The zero-order valence-corrected chi connectivity index (χ0v) is 12.2. The van der Waals surface area contributed by atoms with Gasteiger partial charge in [-0.15, -0.1) is 0 Å². The summed E-state index contributed by atoms with van der Waals surface area (Å²) in [6, 6.07) is 21.2. The molecule has 0 aliphatic rings. The number of rotatable bonds is 7. The molecule has 2 N–H and O–H groups in total. The topological polar surface area (TPSA) is 29.3 Å². The van der Waals surface area contributed by atoms with Crippen LogP contribution in [0.2, 0.25) is 0 Å². The predicted octanol–water partition coefficient (Wildman–Crippen LogP) is 2.90. The molecule has 0 bridgehead atoms. The Kier molecular flexibility index (Phi) is 5.78. The van der Waals surface area contributed by atoms with Gasteiger partial charge in [0, 0.05) is 25.6 Å². The highest BCUT2D eigenvalue weighted by Crippen LogP contribution is 2.15. The fourth-order valence-electron chi connectivity index (χ4n) is 2.47. The van der Waals surface area contributed by atoms with Crippen molar-refractivity contribution in [3.63, 3.8) is 0 Å². The second kappa shape index (κ2) is 7.83. The van der Waals surface area contributed by atoms with E-state index in [2.05, 4.69) is 72.6 Å². The van der Waals surface area contributed by atoms with E-state index in [0.29, 0.717) is 12.5 Å². The minimum absolute atomic E-state index is 0.414. The molecule has 0 radical (unpaired) electrons. The molecule has 2 heteroatoms. The highest BCUT2D eigenvalue weighted by molar-refractivity contribution is 5.20. The first kappa shape index (κ1) is 14.8. The summed E-state index contributed by atoms with van der Waals surface area (Å²) in [6.45, 7) is 2.76. The molecule has 2 aromatic rings. The monoisotopic (exact) mass is 268 g/mol. The minimum Gasteiger partial charge on any atom is -0.330 e. The van der Waals surface area contributed by atoms with E-state index in [4.69, 9.17) is 5.73 Å². The molecule has 1 unspecified atom stereocenters. The smallest absolute Gasteiger partial charge is 0.00887 e. The Bertz CT molecular complexity index is 481. The molecular formula is C18H24N2. The van der Waals surface area contributed by atoms with Crippen LogP contribution in [0.4, 0.5) is 0 Å². The second-order valence-corrected chi connectivity index (χ2v) is 5.34. The van der Waals surface area contributed by atoms with Crippen molar-refractivity contribution in [3.8, 4) is 0 Å². The van der Waals surface area contributed by atoms with Crippen LogP contribution >= 0.6 is 0 Å². The van der Waals surface area contributed by atoms with Crippen molar-refractivity contribution in [1.82, 2.24) is 4.90 Å². The molecule has 2 nitrogen and oxygen atoms in total. The van der Waals surface area contributed by atoms with Gasteiger partial charge >= 0.3 is 0 Å². The van der Waals surface area contributed by atoms with E-state index in [1.807, 2.05) is 0 Å². The van der Waals surface area contributed by atoms with Crippen LogP contribution in [-0.4, -0.2) is 31.6 Å². The summed E-state index contributed by atoms with van der Waals surface area (Å²) < 4.78 is 0. The summed E-state index contributed by atoms with van der Waals surface area (Å²) in [4.78, 5) is 2.37. The number of benzene rings is 2. The highest BCUT2D eigenvalue weighted by atomic mass is 15.1. The first-order valence-corrected chi connectivity index (χ1v) is 7.27. The van der Waals surface area contributed by atoms with Gasteiger partial charge in [-0.1, -0.05) is 60.7 Å². The summed E-state index contributed by atoms with van der Waals surface area (Å²) >= 11 is 0. The standard InChI is InChI=1S/C18H24N2/c1-20(13-12-16-8-4-2-5-9-16)15-18(14-19)17-10-6-3-7-11-17/h2-11,18H,12-15,19H2,1H3. The molecule has 1 atom stereocenters. The molecule has 106 valence electrons. The predicted molar refractivity (Wildman–Crippen MR) is 85.9 cm³/mol. The second-order valence-electron chi connectivity index (χ2n) is 5.34. The third-order valence-electron chi connectivity index (χ3n) is 3.71. The zero-order valence-electron chi connectivity index (χ0n) is 12.2. The molecular weight excluding hydrogens is 244 g/mol. The van der Waals surface area contributed by atoms with Crippen molar-refractivity contribution in [2.45, 2.75) is 12.3 Å². The molecule has 0 saturated carbocycles. The van der Waals surface area contributed by atoms with Gasteiger partial charge in [0.05, 0.1) is 0 Å². The fourth-order valence-corrected chi connectivity index (χ4v) is 2.47. The lowest BCUT2D eigenvalue weighted by atomic mass is 9.98. The molecule has 0 fully saturated rings. The van der Waals surface area contributed by atoms with Gasteiger partial charge in [-0.3, -0.25) is 0 Å². The number of hydrogen-bond acceptors (Lipinski definition) is 2. The van der Waals surface area contributed by atoms with Crippen molar-refractivity contribution in [1.29, 1.82) is 0 Å². The van der Waals surface area contributed by atoms with E-state index in [-0.39, 0.29) is 0 Å². The average Bonchev–Trinajstić information content (AvgIpc) is 2.52. The summed E-state index contributed by atoms with van der Waals surface area (Å²) in [5.41, 5.74) is 8.66. The summed E-state index contributed by atoms with van der Waals surface area (Å²) in [5, 5.41) is 0. The summed E-state index contributed by atoms with van der Waals surface area (Å²) in [5.74, 6) is 0.414. The number of likely N-dealkylation sites (N-methyl/N-ethyl adjacent to an activating group) is 1. The maximum absolute atomic E-state index is 5.93. The Labute approximate surface area is 122 Å². The van der Waals surface area contributed by atoms with E-state index in [0.717, 1.165) is 19.5 Å². The van der Waals surface area contributed by atoms with E-state index < -0.39 is 0 Å². The normalized spacial score (nSPS) is 12.6. The van der Waals surface area contributed by atoms with Crippen molar-refractivity contribution in [2.24, 2.45) is 5.73 Å². The van der Waals surface area contributed by atoms with Crippen LogP contribution in [0.15, 0.2) is 60.7 Å². The molecule has 2 rings (SSSR count). The van der Waals surface area contributed by atoms with Crippen LogP contribution in [-0.2, 0) is 6.42 Å². The number of nitrogens with zero attached hydrogens (tertiary/aromatic N) is 1. The Morgan fingerprint density at radius 2 is 1.55 bits per heavy atom. The Hall–Kier alpha value is -1.64. The van der Waals surface area contributed by atoms with Crippen LogP contribution in [0.3, 0.4) is 0 Å². The minimum atomic E-state index is 0.414. The van der Waals surface area contributed by atoms with Crippen LogP contribution in [0.5, 0.6) is 0 Å². The van der Waals surface area contributed by atoms with Crippen LogP contribution in [0, 0.1) is 0 Å². The first-order chi connectivity index (χ1) is 9.79. The van der Waals surface area contributed by atoms with Crippen LogP contribution < -0.4 is 5.73 Å². The summed E-state index contributed by atoms with van der Waals surface area (Å²) in [7, 11) is 2.18. The molecule has 0 aliphatic heterocycles. The van der Waals surface area contributed by atoms with Gasteiger partial charge in [0.1, 0.15) is 0 Å². The SMILES string of the molecule is CN(CCc1ccccc1)CC(CN)c1ccccc1. The molecule has 0 saturated heterocycles. The first-order valence-electron chi connectivity index (χ1n) is 7.27. The van der Waals surface area contributed by atoms with Crippen LogP contribution in [0.1, 0.15) is 17.0 Å². The lowest BCUT2D eigenvalue weighted by molar-refractivity contribution is 0.316. The third kappa shape index (κ3) is 4.48. The van der Waals surface area contributed by atoms with Gasteiger partial charge in [-0.05, 0) is 24.6 Å². The lowest BCUT2D eigenvalue weighted by Crippen LogP contribution is -2.30. The van der Waals surface area contributed by atoms with Gasteiger partial charge in [-0.2, -0.15) is 0 Å². The molecule has 0 amide bonds. The Balaban J connectivity index is 1.85. The van der Waals surface area contributed by atoms with E-state index in [1.165, 1.54) is 11.1 Å². The lowest BCUT2D eigenvalue weighted by Gasteiger charge is -2.23. The van der Waals surface area contributed by atoms with Gasteiger partial charge in [-0.25, -0.2) is 0 Å². The van der Waals surface area contributed by atoms with Crippen molar-refractivity contribution < 1.29 is 0 Å². The highest BCUT2D eigenvalue weighted by Gasteiger charge is 2.12. The maximum Gasteiger partial charge on any atom is 0.00887 e. The van der Waals surface area contributed by atoms with Crippen molar-refractivity contribution in [2.75, 3.05) is 26.7 Å². The molecule has 2 aromatic carbocycles. The largest absolute Gasteiger partial charge is 0.330 e. The van der Waals surface area contributed by atoms with Gasteiger partial charge in [0.15, 0.2) is 0 Å².